The molecule has 0 atom stereocenters. The number of piperidine rings is 1. The van der Waals surface area contributed by atoms with Gasteiger partial charge < -0.3 is 14.5 Å². The smallest absolute Gasteiger partial charge is 0.410 e. The van der Waals surface area contributed by atoms with E-state index in [-0.39, 0.29) is 11.9 Å². The first-order valence-electron chi connectivity index (χ1n) is 7.84. The van der Waals surface area contributed by atoms with Gasteiger partial charge in [-0.15, -0.1) is 0 Å². The number of hydrogen-bond acceptors (Lipinski definition) is 2. The average Bonchev–Trinajstić information content (AvgIpc) is 2.48. The number of carbonyl (C=O) groups excluding carboxylic acids is 1. The highest BCUT2D eigenvalue weighted by molar-refractivity contribution is 5.68. The van der Waals surface area contributed by atoms with Crippen LogP contribution in [-0.4, -0.2) is 35.2 Å². The summed E-state index contributed by atoms with van der Waals surface area (Å²) in [6.45, 7) is 14.1. The second-order valence-corrected chi connectivity index (χ2v) is 7.11. The molecule has 1 heterocycles. The van der Waals surface area contributed by atoms with Crippen molar-refractivity contribution in [2.75, 3.05) is 13.1 Å². The van der Waals surface area contributed by atoms with Crippen LogP contribution in [0.25, 0.3) is 4.85 Å². The van der Waals surface area contributed by atoms with Gasteiger partial charge in [-0.25, -0.2) is 15.8 Å². The minimum atomic E-state index is -0.518. The zero-order valence-electron chi connectivity index (χ0n) is 13.9. The van der Waals surface area contributed by atoms with Gasteiger partial charge in [0.1, 0.15) is 11.4 Å². The maximum absolute atomic E-state index is 13.0. The van der Waals surface area contributed by atoms with Crippen molar-refractivity contribution in [1.29, 1.82) is 0 Å². The van der Waals surface area contributed by atoms with Gasteiger partial charge in [0.25, 0.3) is 0 Å². The van der Waals surface area contributed by atoms with E-state index in [2.05, 4.69) is 4.85 Å². The van der Waals surface area contributed by atoms with Crippen LogP contribution in [0.2, 0.25) is 0 Å². The third-order valence-electron chi connectivity index (χ3n) is 4.03. The van der Waals surface area contributed by atoms with Gasteiger partial charge in [0.2, 0.25) is 5.54 Å². The molecular formula is C18H23FN2O2. The minimum absolute atomic E-state index is 0.273. The predicted molar refractivity (Wildman–Crippen MR) is 86.5 cm³/mol. The first-order valence-corrected chi connectivity index (χ1v) is 7.84. The Morgan fingerprint density at radius 1 is 1.30 bits per heavy atom. The Kier molecular flexibility index (Phi) is 4.93. The van der Waals surface area contributed by atoms with E-state index in [1.807, 2.05) is 20.8 Å². The van der Waals surface area contributed by atoms with Crippen molar-refractivity contribution in [2.45, 2.75) is 51.2 Å². The Labute approximate surface area is 137 Å². The third-order valence-corrected chi connectivity index (χ3v) is 4.03. The monoisotopic (exact) mass is 318 g/mol. The Morgan fingerprint density at radius 2 is 1.87 bits per heavy atom. The van der Waals surface area contributed by atoms with Crippen LogP contribution in [0, 0.1) is 12.4 Å². The molecule has 1 aliphatic rings. The molecule has 0 spiro atoms. The molecule has 0 bridgehead atoms. The lowest BCUT2D eigenvalue weighted by Gasteiger charge is -2.35. The zero-order chi connectivity index (χ0) is 17.1. The number of rotatable bonds is 2. The van der Waals surface area contributed by atoms with Crippen molar-refractivity contribution >= 4 is 6.09 Å². The van der Waals surface area contributed by atoms with Crippen LogP contribution in [0.1, 0.15) is 39.2 Å². The summed E-state index contributed by atoms with van der Waals surface area (Å²) < 4.78 is 18.4. The summed E-state index contributed by atoms with van der Waals surface area (Å²) >= 11 is 0. The van der Waals surface area contributed by atoms with Crippen LogP contribution in [-0.2, 0) is 11.2 Å². The van der Waals surface area contributed by atoms with Crippen LogP contribution in [0.5, 0.6) is 0 Å². The number of halogens is 1. The quantitative estimate of drug-likeness (QED) is 0.771. The molecule has 0 aliphatic carbocycles. The molecule has 23 heavy (non-hydrogen) atoms. The number of likely N-dealkylation sites (tertiary alicyclic amines) is 1. The Balaban J connectivity index is 1.98. The van der Waals surface area contributed by atoms with Crippen LogP contribution >= 0.6 is 0 Å². The highest BCUT2D eigenvalue weighted by Gasteiger charge is 2.42. The minimum Gasteiger partial charge on any atom is -0.444 e. The second-order valence-electron chi connectivity index (χ2n) is 7.11. The summed E-state index contributed by atoms with van der Waals surface area (Å²) in [5, 5.41) is 0. The average molecular weight is 318 g/mol. The number of benzene rings is 1. The predicted octanol–water partition coefficient (Wildman–Crippen LogP) is 4.06. The molecule has 1 aromatic rings. The van der Waals surface area contributed by atoms with Gasteiger partial charge in [-0.2, -0.15) is 0 Å². The molecule has 0 radical (unpaired) electrons. The maximum Gasteiger partial charge on any atom is 0.410 e. The van der Waals surface area contributed by atoms with Crippen LogP contribution in [0.4, 0.5) is 9.18 Å². The van der Waals surface area contributed by atoms with E-state index in [1.54, 1.807) is 17.0 Å². The molecule has 1 amide bonds. The van der Waals surface area contributed by atoms with E-state index < -0.39 is 11.1 Å². The molecule has 4 nitrogen and oxygen atoms in total. The Hall–Kier alpha value is -2.09. The summed E-state index contributed by atoms with van der Waals surface area (Å²) in [6.07, 6.45) is 1.47. The fourth-order valence-corrected chi connectivity index (χ4v) is 2.74. The highest BCUT2D eigenvalue weighted by Crippen LogP contribution is 2.31. The van der Waals surface area contributed by atoms with Gasteiger partial charge >= 0.3 is 6.09 Å². The Bertz CT molecular complexity index is 591. The normalized spacial score (nSPS) is 17.4. The number of hydrogen-bond donors (Lipinski definition) is 0. The van der Waals surface area contributed by atoms with Crippen LogP contribution < -0.4 is 0 Å². The number of nitrogens with zero attached hydrogens (tertiary/aromatic N) is 2. The summed E-state index contributed by atoms with van der Waals surface area (Å²) in [7, 11) is 0. The standard InChI is InChI=1S/C18H23FN2O2/c1-17(2,3)23-16(22)21-11-9-18(20-4,10-12-21)13-14-5-7-15(19)8-6-14/h5-8H,9-13H2,1-3H3. The van der Waals surface area contributed by atoms with Crippen molar-refractivity contribution in [2.24, 2.45) is 0 Å². The van der Waals surface area contributed by atoms with Gasteiger partial charge in [0.15, 0.2) is 0 Å². The van der Waals surface area contributed by atoms with Gasteiger partial charge in [0, 0.05) is 25.9 Å². The van der Waals surface area contributed by atoms with E-state index in [0.717, 1.165) is 5.56 Å². The van der Waals surface area contributed by atoms with Gasteiger partial charge in [-0.3, -0.25) is 0 Å². The molecule has 0 unspecified atom stereocenters. The molecule has 2 rings (SSSR count). The fourth-order valence-electron chi connectivity index (χ4n) is 2.74. The van der Waals surface area contributed by atoms with E-state index in [9.17, 15) is 9.18 Å². The van der Waals surface area contributed by atoms with Crippen molar-refractivity contribution in [3.8, 4) is 0 Å². The molecule has 0 N–H and O–H groups in total. The summed E-state index contributed by atoms with van der Waals surface area (Å²) in [5.74, 6) is -0.273. The maximum atomic E-state index is 13.0. The zero-order valence-corrected chi connectivity index (χ0v) is 13.9. The van der Waals surface area contributed by atoms with Gasteiger partial charge in [0.05, 0.1) is 6.42 Å². The Morgan fingerprint density at radius 3 is 2.35 bits per heavy atom. The second kappa shape index (κ2) is 6.57. The first-order chi connectivity index (χ1) is 10.7. The molecular weight excluding hydrogens is 295 g/mol. The van der Waals surface area contributed by atoms with Crippen LogP contribution in [0.15, 0.2) is 24.3 Å². The fraction of sp³-hybridized carbons (Fsp3) is 0.556. The number of carbonyl (C=O) groups is 1. The summed E-state index contributed by atoms with van der Waals surface area (Å²) in [5.41, 5.74) is -0.0799. The molecule has 1 aromatic carbocycles. The molecule has 5 heteroatoms. The molecule has 0 saturated carbocycles. The van der Waals surface area contributed by atoms with E-state index in [4.69, 9.17) is 11.3 Å². The molecule has 1 saturated heterocycles. The third kappa shape index (κ3) is 4.69. The molecule has 1 fully saturated rings. The number of amides is 1. The molecule has 1 aliphatic heterocycles. The van der Waals surface area contributed by atoms with Crippen molar-refractivity contribution < 1.29 is 13.9 Å². The van der Waals surface area contributed by atoms with Gasteiger partial charge in [-0.1, -0.05) is 12.1 Å². The van der Waals surface area contributed by atoms with Crippen molar-refractivity contribution in [3.05, 3.63) is 47.1 Å². The lowest BCUT2D eigenvalue weighted by atomic mass is 9.82. The topological polar surface area (TPSA) is 33.9 Å². The largest absolute Gasteiger partial charge is 0.444 e. The summed E-state index contributed by atoms with van der Waals surface area (Å²) in [6, 6.07) is 6.29. The number of ether oxygens (including phenoxy) is 1. The SMILES string of the molecule is [C-]#[N+]C1(Cc2ccc(F)cc2)CCN(C(=O)OC(C)(C)C)CC1. The first kappa shape index (κ1) is 17.3. The summed E-state index contributed by atoms with van der Waals surface area (Å²) in [4.78, 5) is 17.6. The van der Waals surface area contributed by atoms with E-state index in [0.29, 0.717) is 32.4 Å². The highest BCUT2D eigenvalue weighted by atomic mass is 19.1. The van der Waals surface area contributed by atoms with Crippen molar-refractivity contribution in [3.63, 3.8) is 0 Å². The lowest BCUT2D eigenvalue weighted by Crippen LogP contribution is -2.47. The van der Waals surface area contributed by atoms with Crippen LogP contribution in [0.3, 0.4) is 0 Å². The van der Waals surface area contributed by atoms with Gasteiger partial charge in [-0.05, 0) is 38.5 Å². The van der Waals surface area contributed by atoms with E-state index in [1.165, 1.54) is 12.1 Å². The molecule has 0 aromatic heterocycles. The van der Waals surface area contributed by atoms with E-state index >= 15 is 0 Å². The molecule has 124 valence electrons. The van der Waals surface area contributed by atoms with Crippen molar-refractivity contribution in [1.82, 2.24) is 4.90 Å². The lowest BCUT2D eigenvalue weighted by molar-refractivity contribution is 0.0184.